The number of nitrogens with zero attached hydrogens (tertiary/aromatic N) is 1. The molecule has 0 aromatic heterocycles. The smallest absolute Gasteiger partial charge is 0.235 e. The fourth-order valence-corrected chi connectivity index (χ4v) is 2.08. The summed E-state index contributed by atoms with van der Waals surface area (Å²) in [6, 6.07) is 3.29. The molecule has 0 radical (unpaired) electrons. The summed E-state index contributed by atoms with van der Waals surface area (Å²) < 4.78 is 23.2. The Morgan fingerprint density at radius 3 is 2.44 bits per heavy atom. The second-order valence-electron chi connectivity index (χ2n) is 4.23. The highest BCUT2D eigenvalue weighted by Gasteiger charge is 2.47. The first kappa shape index (κ1) is 12.6. The number of hydrogen-bond donors (Lipinski definition) is 0. The standard InChI is InChI=1S/C13H14FNO3/c1-17-11-6-10(13(3-4-13)15-8-16)12(18-2)5-9(11)7-14/h5-6H,3-4,7H2,1-2H3. The summed E-state index contributed by atoms with van der Waals surface area (Å²) >= 11 is 0. The number of isocyanates is 1. The Balaban J connectivity index is 2.56. The van der Waals surface area contributed by atoms with Crippen molar-refractivity contribution >= 4 is 6.08 Å². The fraction of sp³-hybridized carbons (Fsp3) is 0.462. The second-order valence-corrected chi connectivity index (χ2v) is 4.23. The van der Waals surface area contributed by atoms with Crippen molar-refractivity contribution in [3.05, 3.63) is 23.3 Å². The van der Waals surface area contributed by atoms with Gasteiger partial charge in [0.05, 0.1) is 14.2 Å². The zero-order valence-electron chi connectivity index (χ0n) is 10.3. The van der Waals surface area contributed by atoms with Gasteiger partial charge in [0.15, 0.2) is 0 Å². The predicted molar refractivity (Wildman–Crippen MR) is 63.4 cm³/mol. The molecule has 0 aliphatic heterocycles. The molecule has 1 aromatic carbocycles. The van der Waals surface area contributed by atoms with Gasteiger partial charge in [0, 0.05) is 11.1 Å². The van der Waals surface area contributed by atoms with E-state index in [4.69, 9.17) is 9.47 Å². The third kappa shape index (κ3) is 1.97. The van der Waals surface area contributed by atoms with Gasteiger partial charge < -0.3 is 9.47 Å². The van der Waals surface area contributed by atoms with Crippen LogP contribution in [0.5, 0.6) is 11.5 Å². The van der Waals surface area contributed by atoms with Crippen LogP contribution in [0.2, 0.25) is 0 Å². The molecule has 0 spiro atoms. The lowest BCUT2D eigenvalue weighted by atomic mass is 10.0. The molecule has 1 fully saturated rings. The third-order valence-corrected chi connectivity index (χ3v) is 3.23. The van der Waals surface area contributed by atoms with Crippen molar-refractivity contribution in [1.29, 1.82) is 0 Å². The number of benzene rings is 1. The maximum atomic E-state index is 12.9. The molecule has 5 heteroatoms. The zero-order chi connectivity index (χ0) is 13.2. The van der Waals surface area contributed by atoms with E-state index in [1.165, 1.54) is 14.2 Å². The van der Waals surface area contributed by atoms with Crippen LogP contribution in [0.1, 0.15) is 24.0 Å². The summed E-state index contributed by atoms with van der Waals surface area (Å²) in [6.07, 6.45) is 3.11. The Morgan fingerprint density at radius 1 is 1.33 bits per heavy atom. The first-order valence-electron chi connectivity index (χ1n) is 5.61. The lowest BCUT2D eigenvalue weighted by Gasteiger charge is -2.16. The van der Waals surface area contributed by atoms with Gasteiger partial charge in [-0.2, -0.15) is 4.99 Å². The van der Waals surface area contributed by atoms with Gasteiger partial charge in [0.1, 0.15) is 23.7 Å². The quantitative estimate of drug-likeness (QED) is 0.596. The molecule has 0 bridgehead atoms. The first-order chi connectivity index (χ1) is 8.70. The van der Waals surface area contributed by atoms with Crippen LogP contribution in [0.3, 0.4) is 0 Å². The number of hydrogen-bond acceptors (Lipinski definition) is 4. The van der Waals surface area contributed by atoms with Gasteiger partial charge in [-0.3, -0.25) is 0 Å². The normalized spacial score (nSPS) is 15.7. The molecular formula is C13H14FNO3. The molecule has 0 unspecified atom stereocenters. The van der Waals surface area contributed by atoms with E-state index in [0.717, 1.165) is 18.4 Å². The monoisotopic (exact) mass is 251 g/mol. The highest BCUT2D eigenvalue weighted by Crippen LogP contribution is 2.53. The second kappa shape index (κ2) is 4.78. The minimum Gasteiger partial charge on any atom is -0.496 e. The Bertz CT molecular complexity index is 505. The molecule has 18 heavy (non-hydrogen) atoms. The molecule has 1 aliphatic rings. The van der Waals surface area contributed by atoms with E-state index in [2.05, 4.69) is 4.99 Å². The number of rotatable bonds is 5. The number of halogens is 1. The molecule has 1 saturated carbocycles. The van der Waals surface area contributed by atoms with Crippen LogP contribution < -0.4 is 9.47 Å². The summed E-state index contributed by atoms with van der Waals surface area (Å²) in [5.41, 5.74) is 0.612. The molecule has 1 aromatic rings. The van der Waals surface area contributed by atoms with Gasteiger partial charge in [-0.15, -0.1) is 0 Å². The average Bonchev–Trinajstić information content (AvgIpc) is 3.18. The van der Waals surface area contributed by atoms with Crippen molar-refractivity contribution < 1.29 is 18.7 Å². The van der Waals surface area contributed by atoms with E-state index in [1.54, 1.807) is 18.2 Å². The third-order valence-electron chi connectivity index (χ3n) is 3.23. The van der Waals surface area contributed by atoms with Crippen molar-refractivity contribution in [1.82, 2.24) is 0 Å². The van der Waals surface area contributed by atoms with E-state index in [1.807, 2.05) is 0 Å². The summed E-state index contributed by atoms with van der Waals surface area (Å²) in [4.78, 5) is 14.3. The lowest BCUT2D eigenvalue weighted by Crippen LogP contribution is -2.07. The van der Waals surface area contributed by atoms with Crippen molar-refractivity contribution in [2.24, 2.45) is 4.99 Å². The van der Waals surface area contributed by atoms with E-state index >= 15 is 0 Å². The Kier molecular flexibility index (Phi) is 3.34. The van der Waals surface area contributed by atoms with Crippen LogP contribution in [-0.4, -0.2) is 20.3 Å². The minimum absolute atomic E-state index is 0.420. The first-order valence-corrected chi connectivity index (χ1v) is 5.61. The van der Waals surface area contributed by atoms with Crippen LogP contribution in [0.25, 0.3) is 0 Å². The molecule has 0 atom stereocenters. The van der Waals surface area contributed by atoms with Crippen LogP contribution in [-0.2, 0) is 17.0 Å². The van der Waals surface area contributed by atoms with Gasteiger partial charge in [-0.25, -0.2) is 9.18 Å². The number of aliphatic imine (C=N–C) groups is 1. The van der Waals surface area contributed by atoms with Crippen molar-refractivity contribution in [2.75, 3.05) is 14.2 Å². The summed E-state index contributed by atoms with van der Waals surface area (Å²) in [6.45, 7) is -0.635. The van der Waals surface area contributed by atoms with Gasteiger partial charge in [0.25, 0.3) is 0 Å². The van der Waals surface area contributed by atoms with Gasteiger partial charge in [-0.1, -0.05) is 0 Å². The molecule has 2 rings (SSSR count). The van der Waals surface area contributed by atoms with Crippen LogP contribution in [0.4, 0.5) is 4.39 Å². The Labute approximate surface area is 104 Å². The van der Waals surface area contributed by atoms with E-state index < -0.39 is 12.2 Å². The largest absolute Gasteiger partial charge is 0.496 e. The lowest BCUT2D eigenvalue weighted by molar-refractivity contribution is 0.379. The number of ether oxygens (including phenoxy) is 2. The molecule has 0 amide bonds. The highest BCUT2D eigenvalue weighted by molar-refractivity contribution is 5.53. The molecule has 0 heterocycles. The number of alkyl halides is 1. The maximum Gasteiger partial charge on any atom is 0.235 e. The Morgan fingerprint density at radius 2 is 2.00 bits per heavy atom. The molecule has 1 aliphatic carbocycles. The van der Waals surface area contributed by atoms with Crippen molar-refractivity contribution in [3.8, 4) is 11.5 Å². The molecule has 96 valence electrons. The Hall–Kier alpha value is -1.87. The fourth-order valence-electron chi connectivity index (χ4n) is 2.08. The minimum atomic E-state index is -0.635. The summed E-state index contributed by atoms with van der Waals surface area (Å²) in [5, 5.41) is 0. The van der Waals surface area contributed by atoms with E-state index in [-0.39, 0.29) is 0 Å². The van der Waals surface area contributed by atoms with E-state index in [0.29, 0.717) is 17.1 Å². The highest BCUT2D eigenvalue weighted by atomic mass is 19.1. The number of carbonyl (C=O) groups excluding carboxylic acids is 1. The van der Waals surface area contributed by atoms with Gasteiger partial charge in [-0.05, 0) is 25.0 Å². The van der Waals surface area contributed by atoms with Gasteiger partial charge >= 0.3 is 0 Å². The topological polar surface area (TPSA) is 47.9 Å². The predicted octanol–water partition coefficient (Wildman–Crippen LogP) is 2.50. The van der Waals surface area contributed by atoms with Crippen molar-refractivity contribution in [2.45, 2.75) is 25.1 Å². The van der Waals surface area contributed by atoms with Gasteiger partial charge in [0.2, 0.25) is 6.08 Å². The van der Waals surface area contributed by atoms with Crippen LogP contribution in [0.15, 0.2) is 17.1 Å². The molecule has 0 N–H and O–H groups in total. The molecule has 0 saturated heterocycles. The summed E-state index contributed by atoms with van der Waals surface area (Å²) in [7, 11) is 2.99. The van der Waals surface area contributed by atoms with Crippen LogP contribution >= 0.6 is 0 Å². The average molecular weight is 251 g/mol. The molecule has 4 nitrogen and oxygen atoms in total. The summed E-state index contributed by atoms with van der Waals surface area (Å²) in [5.74, 6) is 0.973. The SMILES string of the molecule is COc1cc(C2(N=C=O)CC2)c(OC)cc1CF. The van der Waals surface area contributed by atoms with Crippen molar-refractivity contribution in [3.63, 3.8) is 0 Å². The molecular weight excluding hydrogens is 237 g/mol. The maximum absolute atomic E-state index is 12.9. The number of methoxy groups -OCH3 is 2. The van der Waals surface area contributed by atoms with Crippen LogP contribution in [0, 0.1) is 0 Å². The van der Waals surface area contributed by atoms with E-state index in [9.17, 15) is 9.18 Å². The zero-order valence-corrected chi connectivity index (χ0v) is 10.3.